The Kier molecular flexibility index (Phi) is 2.91. The van der Waals surface area contributed by atoms with Crippen molar-refractivity contribution in [1.29, 1.82) is 0 Å². The molecule has 0 aliphatic rings. The Labute approximate surface area is 126 Å². The highest BCUT2D eigenvalue weighted by molar-refractivity contribution is 5.95. The van der Waals surface area contributed by atoms with Gasteiger partial charge in [-0.3, -0.25) is 0 Å². The molecule has 0 aliphatic carbocycles. The van der Waals surface area contributed by atoms with Gasteiger partial charge in [0.2, 0.25) is 0 Å². The molecule has 2 heteroatoms. The molecule has 110 valence electrons. The molecule has 0 bridgehead atoms. The van der Waals surface area contributed by atoms with Crippen LogP contribution in [0, 0.1) is 0 Å². The van der Waals surface area contributed by atoms with Crippen LogP contribution in [0.15, 0.2) is 30.3 Å². The van der Waals surface area contributed by atoms with Crippen molar-refractivity contribution in [2.45, 2.75) is 52.4 Å². The Morgan fingerprint density at radius 1 is 0.810 bits per heavy atom. The van der Waals surface area contributed by atoms with Gasteiger partial charge in [-0.2, -0.15) is 0 Å². The van der Waals surface area contributed by atoms with Crippen LogP contribution >= 0.6 is 0 Å². The molecular formula is C19H24N2. The van der Waals surface area contributed by atoms with Gasteiger partial charge in [-0.15, -0.1) is 0 Å². The van der Waals surface area contributed by atoms with Crippen LogP contribution in [0.3, 0.4) is 0 Å². The van der Waals surface area contributed by atoms with E-state index in [-0.39, 0.29) is 10.8 Å². The van der Waals surface area contributed by atoms with E-state index in [4.69, 9.17) is 4.98 Å². The van der Waals surface area contributed by atoms with E-state index in [0.29, 0.717) is 0 Å². The Morgan fingerprint density at radius 3 is 2.14 bits per heavy atom. The van der Waals surface area contributed by atoms with Crippen LogP contribution in [0.4, 0.5) is 0 Å². The summed E-state index contributed by atoms with van der Waals surface area (Å²) < 4.78 is 0. The summed E-state index contributed by atoms with van der Waals surface area (Å²) in [6.07, 6.45) is 0. The lowest BCUT2D eigenvalue weighted by atomic mass is 9.86. The first-order valence-corrected chi connectivity index (χ1v) is 7.59. The SMILES string of the molecule is CC(C)(C)c1ccc2cc3nc(C(C)(C)C)[nH]c3cc2c1. The lowest BCUT2D eigenvalue weighted by Crippen LogP contribution is -2.12. The summed E-state index contributed by atoms with van der Waals surface area (Å²) in [5, 5.41) is 2.53. The fourth-order valence-corrected chi connectivity index (χ4v) is 2.58. The van der Waals surface area contributed by atoms with Crippen LogP contribution in [0.25, 0.3) is 21.8 Å². The first-order valence-electron chi connectivity index (χ1n) is 7.59. The molecule has 0 atom stereocenters. The first kappa shape index (κ1) is 14.1. The second-order valence-corrected chi connectivity index (χ2v) is 8.02. The molecule has 1 heterocycles. The van der Waals surface area contributed by atoms with Gasteiger partial charge in [-0.1, -0.05) is 59.7 Å². The summed E-state index contributed by atoms with van der Waals surface area (Å²) >= 11 is 0. The third kappa shape index (κ3) is 2.55. The van der Waals surface area contributed by atoms with E-state index in [0.717, 1.165) is 16.9 Å². The highest BCUT2D eigenvalue weighted by Gasteiger charge is 2.19. The number of H-pyrrole nitrogens is 1. The minimum Gasteiger partial charge on any atom is -0.342 e. The Bertz CT molecular complexity index is 799. The largest absolute Gasteiger partial charge is 0.342 e. The van der Waals surface area contributed by atoms with Crippen molar-refractivity contribution in [3.63, 3.8) is 0 Å². The van der Waals surface area contributed by atoms with Crippen molar-refractivity contribution in [3.05, 3.63) is 41.7 Å². The van der Waals surface area contributed by atoms with Crippen molar-refractivity contribution in [3.8, 4) is 0 Å². The average molecular weight is 280 g/mol. The third-order valence-corrected chi connectivity index (χ3v) is 4.02. The molecule has 0 unspecified atom stereocenters. The van der Waals surface area contributed by atoms with E-state index in [1.54, 1.807) is 0 Å². The highest BCUT2D eigenvalue weighted by atomic mass is 14.9. The number of aromatic nitrogens is 2. The van der Waals surface area contributed by atoms with Gasteiger partial charge in [-0.25, -0.2) is 4.98 Å². The van der Waals surface area contributed by atoms with Gasteiger partial charge in [-0.05, 0) is 33.9 Å². The fourth-order valence-electron chi connectivity index (χ4n) is 2.58. The van der Waals surface area contributed by atoms with Crippen LogP contribution < -0.4 is 0 Å². The monoisotopic (exact) mass is 280 g/mol. The topological polar surface area (TPSA) is 28.7 Å². The number of aromatic amines is 1. The Hall–Kier alpha value is -1.83. The number of benzene rings is 2. The number of fused-ring (bicyclic) bond motifs is 2. The van der Waals surface area contributed by atoms with Crippen molar-refractivity contribution < 1.29 is 0 Å². The maximum Gasteiger partial charge on any atom is 0.112 e. The third-order valence-electron chi connectivity index (χ3n) is 4.02. The first-order chi connectivity index (χ1) is 9.64. The Morgan fingerprint density at radius 2 is 1.52 bits per heavy atom. The number of hydrogen-bond acceptors (Lipinski definition) is 1. The fraction of sp³-hybridized carbons (Fsp3) is 0.421. The lowest BCUT2D eigenvalue weighted by Gasteiger charge is -2.19. The average Bonchev–Trinajstić information content (AvgIpc) is 2.76. The van der Waals surface area contributed by atoms with Gasteiger partial charge < -0.3 is 4.98 Å². The van der Waals surface area contributed by atoms with Gasteiger partial charge in [0, 0.05) is 5.41 Å². The van der Waals surface area contributed by atoms with Crippen LogP contribution in [0.5, 0.6) is 0 Å². The number of nitrogens with zero attached hydrogens (tertiary/aromatic N) is 1. The molecule has 1 aromatic heterocycles. The molecule has 2 nitrogen and oxygen atoms in total. The maximum absolute atomic E-state index is 4.75. The summed E-state index contributed by atoms with van der Waals surface area (Å²) in [6, 6.07) is 11.1. The minimum absolute atomic E-state index is 0.0434. The molecule has 3 aromatic rings. The van der Waals surface area contributed by atoms with Crippen molar-refractivity contribution in [2.75, 3.05) is 0 Å². The number of nitrogens with one attached hydrogen (secondary N) is 1. The lowest BCUT2D eigenvalue weighted by molar-refractivity contribution is 0.554. The van der Waals surface area contributed by atoms with E-state index >= 15 is 0 Å². The quantitative estimate of drug-likeness (QED) is 0.594. The zero-order chi connectivity index (χ0) is 15.4. The van der Waals surface area contributed by atoms with Crippen LogP contribution in [-0.2, 0) is 10.8 Å². The number of rotatable bonds is 0. The van der Waals surface area contributed by atoms with E-state index < -0.39 is 0 Å². The smallest absolute Gasteiger partial charge is 0.112 e. The standard InChI is InChI=1S/C19H24N2/c1-18(2,3)14-8-7-12-10-15-16(11-13(12)9-14)21-17(20-15)19(4,5)6/h7-11H,1-6H3,(H,20,21). The number of hydrogen-bond donors (Lipinski definition) is 1. The van der Waals surface area contributed by atoms with Gasteiger partial charge in [0.15, 0.2) is 0 Å². The predicted octanol–water partition coefficient (Wildman–Crippen LogP) is 5.31. The summed E-state index contributed by atoms with van der Waals surface area (Å²) in [6.45, 7) is 13.3. The summed E-state index contributed by atoms with van der Waals surface area (Å²) in [7, 11) is 0. The molecular weight excluding hydrogens is 256 g/mol. The highest BCUT2D eigenvalue weighted by Crippen LogP contribution is 2.29. The second kappa shape index (κ2) is 4.33. The van der Waals surface area contributed by atoms with Crippen LogP contribution in [-0.4, -0.2) is 9.97 Å². The van der Waals surface area contributed by atoms with Gasteiger partial charge in [0.25, 0.3) is 0 Å². The molecule has 2 aromatic carbocycles. The molecule has 0 fully saturated rings. The summed E-state index contributed by atoms with van der Waals surface area (Å²) in [5.74, 6) is 1.05. The maximum atomic E-state index is 4.75. The second-order valence-electron chi connectivity index (χ2n) is 8.02. The van der Waals surface area contributed by atoms with Gasteiger partial charge in [0.05, 0.1) is 11.0 Å². The van der Waals surface area contributed by atoms with Gasteiger partial charge >= 0.3 is 0 Å². The number of imidazole rings is 1. The van der Waals surface area contributed by atoms with Gasteiger partial charge in [0.1, 0.15) is 5.82 Å². The molecule has 0 radical (unpaired) electrons. The van der Waals surface area contributed by atoms with Crippen LogP contribution in [0.2, 0.25) is 0 Å². The molecule has 1 N–H and O–H groups in total. The normalized spacial score (nSPS) is 13.2. The molecule has 0 spiro atoms. The minimum atomic E-state index is 0.0434. The van der Waals surface area contributed by atoms with Crippen molar-refractivity contribution in [2.24, 2.45) is 0 Å². The van der Waals surface area contributed by atoms with Crippen molar-refractivity contribution in [1.82, 2.24) is 9.97 Å². The van der Waals surface area contributed by atoms with E-state index in [1.165, 1.54) is 16.3 Å². The summed E-state index contributed by atoms with van der Waals surface area (Å²) in [5.41, 5.74) is 3.76. The summed E-state index contributed by atoms with van der Waals surface area (Å²) in [4.78, 5) is 8.22. The van der Waals surface area contributed by atoms with Crippen molar-refractivity contribution >= 4 is 21.8 Å². The molecule has 0 amide bonds. The zero-order valence-electron chi connectivity index (χ0n) is 13.8. The molecule has 0 saturated heterocycles. The zero-order valence-corrected chi connectivity index (χ0v) is 13.8. The predicted molar refractivity (Wildman–Crippen MR) is 91.0 cm³/mol. The van der Waals surface area contributed by atoms with E-state index in [2.05, 4.69) is 76.9 Å². The van der Waals surface area contributed by atoms with E-state index in [1.807, 2.05) is 0 Å². The molecule has 21 heavy (non-hydrogen) atoms. The molecule has 0 aliphatic heterocycles. The molecule has 0 saturated carbocycles. The van der Waals surface area contributed by atoms with E-state index in [9.17, 15) is 0 Å². The Balaban J connectivity index is 2.23. The molecule has 3 rings (SSSR count). The van der Waals surface area contributed by atoms with Crippen LogP contribution in [0.1, 0.15) is 52.9 Å².